The van der Waals surface area contributed by atoms with E-state index in [2.05, 4.69) is 21.3 Å². The number of nitrogens with one attached hydrogen (secondary N) is 4. The maximum Gasteiger partial charge on any atom is 0.252 e. The van der Waals surface area contributed by atoms with Crippen LogP contribution in [0.1, 0.15) is 55.4 Å². The zero-order valence-electron chi connectivity index (χ0n) is 31.2. The van der Waals surface area contributed by atoms with Crippen molar-refractivity contribution in [2.24, 2.45) is 11.5 Å². The third-order valence-corrected chi connectivity index (χ3v) is 9.32. The van der Waals surface area contributed by atoms with Gasteiger partial charge in [-0.15, -0.1) is 0 Å². The Kier molecular flexibility index (Phi) is 15.9. The monoisotopic (exact) mass is 758 g/mol. The molecule has 0 spiro atoms. The molecular formula is C37H54N6O11. The van der Waals surface area contributed by atoms with E-state index in [1.54, 1.807) is 56.3 Å². The molecule has 12 N–H and O–H groups in total. The lowest BCUT2D eigenvalue weighted by Gasteiger charge is -2.38. The zero-order chi connectivity index (χ0) is 40.3. The standard InChI is InChI=1S/C37H54N6O11/c1-19-15-22(44)16-20(2)23(19)18-24(38)31(48)41-25(13-9-10-14-40-34(51)30-28(46)27(45)29(47)35(53-5)54-30)32(49)42-26(17-21-11-7-6-8-12-21)33(50)43-37(3,4)36(39)52/h6-8,11-12,15-16,24-30,35,44-47H,9-10,13-14,17-18,38H2,1-5H3,(H2,39,52)(H,40,51)(H,41,48)(H,42,49)(H,43,50)/t24-,25+,26-,27-,28-,29+,30-,35+/m0/s1. The van der Waals surface area contributed by atoms with Gasteiger partial charge in [-0.05, 0) is 87.8 Å². The Morgan fingerprint density at radius 1 is 0.870 bits per heavy atom. The van der Waals surface area contributed by atoms with Gasteiger partial charge in [-0.2, -0.15) is 0 Å². The van der Waals surface area contributed by atoms with Crippen molar-refractivity contribution in [3.63, 3.8) is 0 Å². The summed E-state index contributed by atoms with van der Waals surface area (Å²) in [6.07, 6.45) is -7.10. The quantitative estimate of drug-likeness (QED) is 0.0755. The first-order chi connectivity index (χ1) is 25.4. The molecule has 1 fully saturated rings. The highest BCUT2D eigenvalue weighted by atomic mass is 16.7. The number of aryl methyl sites for hydroxylation is 2. The van der Waals surface area contributed by atoms with E-state index in [4.69, 9.17) is 20.9 Å². The van der Waals surface area contributed by atoms with E-state index in [0.717, 1.165) is 16.7 Å². The number of ether oxygens (including phenoxy) is 2. The fourth-order valence-electron chi connectivity index (χ4n) is 5.99. The van der Waals surface area contributed by atoms with Gasteiger partial charge in [0.05, 0.1) is 6.04 Å². The van der Waals surface area contributed by atoms with Crippen LogP contribution in [0.15, 0.2) is 42.5 Å². The van der Waals surface area contributed by atoms with Gasteiger partial charge in [0.25, 0.3) is 5.91 Å². The molecule has 1 aliphatic heterocycles. The number of nitrogens with two attached hydrogens (primary N) is 2. The minimum absolute atomic E-state index is 0.0447. The van der Waals surface area contributed by atoms with Crippen LogP contribution in [0.25, 0.3) is 0 Å². The third-order valence-electron chi connectivity index (χ3n) is 9.32. The topological polar surface area (TPSA) is 285 Å². The highest BCUT2D eigenvalue weighted by molar-refractivity contribution is 5.95. The second-order valence-corrected chi connectivity index (χ2v) is 14.1. The molecule has 0 aromatic heterocycles. The average molecular weight is 759 g/mol. The Bertz CT molecular complexity index is 1600. The molecule has 1 aliphatic rings. The van der Waals surface area contributed by atoms with Gasteiger partial charge in [0.15, 0.2) is 12.4 Å². The number of amides is 5. The molecule has 0 saturated carbocycles. The second kappa shape index (κ2) is 19.6. The highest BCUT2D eigenvalue weighted by Crippen LogP contribution is 2.23. The molecule has 2 aromatic rings. The lowest BCUT2D eigenvalue weighted by atomic mass is 9.95. The minimum atomic E-state index is -1.72. The first kappa shape index (κ1) is 43.8. The van der Waals surface area contributed by atoms with Gasteiger partial charge in [-0.3, -0.25) is 24.0 Å². The number of phenols is 1. The lowest BCUT2D eigenvalue weighted by molar-refractivity contribution is -0.283. The van der Waals surface area contributed by atoms with E-state index >= 15 is 0 Å². The predicted molar refractivity (Wildman–Crippen MR) is 195 cm³/mol. The second-order valence-electron chi connectivity index (χ2n) is 14.1. The fraction of sp³-hybridized carbons (Fsp3) is 0.541. The first-order valence-corrected chi connectivity index (χ1v) is 17.7. The number of hydrogen-bond acceptors (Lipinski definition) is 12. The van der Waals surface area contributed by atoms with Crippen LogP contribution in [0.3, 0.4) is 0 Å². The molecule has 2 aromatic carbocycles. The minimum Gasteiger partial charge on any atom is -0.508 e. The summed E-state index contributed by atoms with van der Waals surface area (Å²) in [5.74, 6) is -3.52. The molecule has 1 heterocycles. The van der Waals surface area contributed by atoms with Crippen molar-refractivity contribution in [2.75, 3.05) is 13.7 Å². The van der Waals surface area contributed by atoms with E-state index < -0.39 is 83.9 Å². The van der Waals surface area contributed by atoms with Crippen molar-refractivity contribution in [1.29, 1.82) is 0 Å². The van der Waals surface area contributed by atoms with E-state index in [0.29, 0.717) is 5.56 Å². The van der Waals surface area contributed by atoms with Crippen molar-refractivity contribution >= 4 is 29.5 Å². The summed E-state index contributed by atoms with van der Waals surface area (Å²) in [7, 11) is 1.21. The zero-order valence-corrected chi connectivity index (χ0v) is 31.2. The van der Waals surface area contributed by atoms with E-state index in [1.807, 2.05) is 0 Å². The fourth-order valence-corrected chi connectivity index (χ4v) is 5.99. The summed E-state index contributed by atoms with van der Waals surface area (Å²) in [5, 5.41) is 50.9. The molecule has 17 heteroatoms. The van der Waals surface area contributed by atoms with Gasteiger partial charge < -0.3 is 62.6 Å². The molecule has 0 aliphatic carbocycles. The Morgan fingerprint density at radius 3 is 2.07 bits per heavy atom. The number of hydrogen-bond donors (Lipinski definition) is 10. The SMILES string of the molecule is CO[C@@H]1O[C@H](C(=O)NCCCC[C@@H](NC(=O)[C@@H](N)Cc2c(C)cc(O)cc2C)C(=O)N[C@@H](Cc2ccccc2)C(=O)NC(C)(C)C(N)=O)[C@@H](O)[C@H](O)[C@H]1O. The summed E-state index contributed by atoms with van der Waals surface area (Å²) >= 11 is 0. The van der Waals surface area contributed by atoms with Gasteiger partial charge in [0.1, 0.15) is 41.7 Å². The molecule has 0 radical (unpaired) electrons. The molecule has 3 rings (SSSR count). The molecule has 1 saturated heterocycles. The number of rotatable bonds is 18. The Morgan fingerprint density at radius 2 is 1.48 bits per heavy atom. The van der Waals surface area contributed by atoms with Crippen LogP contribution in [0.2, 0.25) is 0 Å². The number of methoxy groups -OCH3 is 1. The number of aliphatic hydroxyl groups is 3. The molecule has 17 nitrogen and oxygen atoms in total. The number of phenolic OH excluding ortho intramolecular Hbond substituents is 1. The number of aliphatic hydroxyl groups excluding tert-OH is 3. The molecule has 54 heavy (non-hydrogen) atoms. The normalized spacial score (nSPS) is 21.6. The maximum absolute atomic E-state index is 13.9. The smallest absolute Gasteiger partial charge is 0.252 e. The number of carbonyl (C=O) groups is 5. The highest BCUT2D eigenvalue weighted by Gasteiger charge is 2.47. The van der Waals surface area contributed by atoms with Crippen molar-refractivity contribution in [3.05, 3.63) is 64.7 Å². The van der Waals surface area contributed by atoms with Gasteiger partial charge in [-0.1, -0.05) is 30.3 Å². The van der Waals surface area contributed by atoms with E-state index in [9.17, 15) is 44.4 Å². The third kappa shape index (κ3) is 11.9. The van der Waals surface area contributed by atoms with Crippen LogP contribution >= 0.6 is 0 Å². The van der Waals surface area contributed by atoms with Crippen LogP contribution in [0.5, 0.6) is 5.75 Å². The molecule has 5 amide bonds. The van der Waals surface area contributed by atoms with Crippen molar-refractivity contribution in [2.45, 2.75) is 114 Å². The van der Waals surface area contributed by atoms with Gasteiger partial charge >= 0.3 is 0 Å². The van der Waals surface area contributed by atoms with Gasteiger partial charge in [0, 0.05) is 20.1 Å². The van der Waals surface area contributed by atoms with Crippen LogP contribution < -0.4 is 32.7 Å². The number of unbranched alkanes of at least 4 members (excludes halogenated alkanes) is 1. The van der Waals surface area contributed by atoms with Crippen LogP contribution in [0.4, 0.5) is 0 Å². The summed E-state index contributed by atoms with van der Waals surface area (Å²) < 4.78 is 10.3. The largest absolute Gasteiger partial charge is 0.508 e. The predicted octanol–water partition coefficient (Wildman–Crippen LogP) is -1.79. The molecule has 0 bridgehead atoms. The van der Waals surface area contributed by atoms with Gasteiger partial charge in [0.2, 0.25) is 23.6 Å². The maximum atomic E-state index is 13.9. The van der Waals surface area contributed by atoms with E-state index in [-0.39, 0.29) is 44.4 Å². The molecule has 8 atom stereocenters. The lowest BCUT2D eigenvalue weighted by Crippen LogP contribution is -2.61. The molecule has 298 valence electrons. The Hall–Kier alpha value is -4.65. The number of benzene rings is 2. The van der Waals surface area contributed by atoms with Crippen molar-refractivity contribution in [3.8, 4) is 5.75 Å². The van der Waals surface area contributed by atoms with Crippen molar-refractivity contribution in [1.82, 2.24) is 21.3 Å². The van der Waals surface area contributed by atoms with E-state index in [1.165, 1.54) is 21.0 Å². The first-order valence-electron chi connectivity index (χ1n) is 17.7. The Labute approximate surface area is 314 Å². The molecule has 0 unspecified atom stereocenters. The Balaban J connectivity index is 1.76. The van der Waals surface area contributed by atoms with Gasteiger partial charge in [-0.25, -0.2) is 0 Å². The molecular weight excluding hydrogens is 704 g/mol. The summed E-state index contributed by atoms with van der Waals surface area (Å²) in [6, 6.07) is 8.50. The van der Waals surface area contributed by atoms with Crippen molar-refractivity contribution < 1.29 is 53.9 Å². The van der Waals surface area contributed by atoms with Crippen LogP contribution in [0, 0.1) is 13.8 Å². The number of primary amides is 1. The summed E-state index contributed by atoms with van der Waals surface area (Å²) in [6.45, 7) is 6.46. The van der Waals surface area contributed by atoms with Crippen LogP contribution in [-0.4, -0.2) is 118 Å². The average Bonchev–Trinajstić information content (AvgIpc) is 3.11. The summed E-state index contributed by atoms with van der Waals surface area (Å²) in [5.41, 5.74) is 13.3. The van der Waals surface area contributed by atoms with Crippen LogP contribution in [-0.2, 0) is 46.3 Å². The number of carbonyl (C=O) groups excluding carboxylic acids is 5. The number of aromatic hydroxyl groups is 1. The summed E-state index contributed by atoms with van der Waals surface area (Å²) in [4.78, 5) is 65.6.